The third-order valence-electron chi connectivity index (χ3n) is 3.41. The molecular weight excluding hydrogens is 210 g/mol. The summed E-state index contributed by atoms with van der Waals surface area (Å²) in [7, 11) is 0. The SMILES string of the molecule is CC(C)(C)c1ccc(C(=O)C2CCCN2)cc1. The van der Waals surface area contributed by atoms with Crippen LogP contribution in [0, 0.1) is 0 Å². The third-order valence-corrected chi connectivity index (χ3v) is 3.41. The Hall–Kier alpha value is -1.15. The lowest BCUT2D eigenvalue weighted by Gasteiger charge is -2.19. The molecule has 1 aliphatic rings. The van der Waals surface area contributed by atoms with Crippen molar-refractivity contribution >= 4 is 5.78 Å². The molecule has 1 N–H and O–H groups in total. The number of hydrogen-bond donors (Lipinski definition) is 1. The molecule has 1 aliphatic heterocycles. The average molecular weight is 231 g/mol. The molecule has 0 spiro atoms. The number of hydrogen-bond acceptors (Lipinski definition) is 2. The molecule has 1 aromatic carbocycles. The van der Waals surface area contributed by atoms with Gasteiger partial charge in [0.2, 0.25) is 0 Å². The fourth-order valence-corrected chi connectivity index (χ4v) is 2.24. The lowest BCUT2D eigenvalue weighted by molar-refractivity contribution is 0.0952. The molecule has 2 rings (SSSR count). The summed E-state index contributed by atoms with van der Waals surface area (Å²) in [6, 6.07) is 8.10. The molecule has 0 aromatic heterocycles. The molecule has 1 aromatic rings. The summed E-state index contributed by atoms with van der Waals surface area (Å²) in [6.07, 6.45) is 2.08. The average Bonchev–Trinajstić information content (AvgIpc) is 2.80. The maximum atomic E-state index is 12.1. The van der Waals surface area contributed by atoms with Crippen LogP contribution in [-0.4, -0.2) is 18.4 Å². The molecule has 1 atom stereocenters. The summed E-state index contributed by atoms with van der Waals surface area (Å²) < 4.78 is 0. The number of nitrogens with one attached hydrogen (secondary N) is 1. The van der Waals surface area contributed by atoms with Gasteiger partial charge in [-0.3, -0.25) is 4.79 Å². The third kappa shape index (κ3) is 2.75. The van der Waals surface area contributed by atoms with E-state index in [4.69, 9.17) is 0 Å². The first-order valence-corrected chi connectivity index (χ1v) is 6.36. The van der Waals surface area contributed by atoms with Gasteiger partial charge in [0, 0.05) is 5.56 Å². The van der Waals surface area contributed by atoms with Gasteiger partial charge in [0.15, 0.2) is 5.78 Å². The monoisotopic (exact) mass is 231 g/mol. The minimum Gasteiger partial charge on any atom is -0.307 e. The summed E-state index contributed by atoms with van der Waals surface area (Å²) in [5.74, 6) is 0.239. The second-order valence-electron chi connectivity index (χ2n) is 5.84. The zero-order chi connectivity index (χ0) is 12.5. The first kappa shape index (κ1) is 12.3. The van der Waals surface area contributed by atoms with Gasteiger partial charge >= 0.3 is 0 Å². The van der Waals surface area contributed by atoms with Gasteiger partial charge < -0.3 is 5.32 Å². The highest BCUT2D eigenvalue weighted by Gasteiger charge is 2.23. The van der Waals surface area contributed by atoms with Crippen LogP contribution in [0.5, 0.6) is 0 Å². The van der Waals surface area contributed by atoms with E-state index in [-0.39, 0.29) is 17.2 Å². The Morgan fingerprint density at radius 2 is 1.88 bits per heavy atom. The zero-order valence-corrected chi connectivity index (χ0v) is 10.9. The molecule has 1 saturated heterocycles. The first-order chi connectivity index (χ1) is 7.98. The van der Waals surface area contributed by atoms with Crippen LogP contribution in [0.25, 0.3) is 0 Å². The number of Topliss-reactive ketones (excluding diaryl/α,β-unsaturated/α-hetero) is 1. The highest BCUT2D eigenvalue weighted by atomic mass is 16.1. The molecule has 0 saturated carbocycles. The Labute approximate surface area is 103 Å². The largest absolute Gasteiger partial charge is 0.307 e. The van der Waals surface area contributed by atoms with E-state index in [9.17, 15) is 4.79 Å². The predicted molar refractivity (Wildman–Crippen MR) is 70.5 cm³/mol. The number of rotatable bonds is 2. The van der Waals surface area contributed by atoms with E-state index in [1.807, 2.05) is 12.1 Å². The molecule has 0 amide bonds. The van der Waals surface area contributed by atoms with Gasteiger partial charge in [0.05, 0.1) is 6.04 Å². The van der Waals surface area contributed by atoms with Gasteiger partial charge in [-0.25, -0.2) is 0 Å². The van der Waals surface area contributed by atoms with Gasteiger partial charge in [-0.2, -0.15) is 0 Å². The standard InChI is InChI=1S/C15H21NO/c1-15(2,3)12-8-6-11(7-9-12)14(17)13-5-4-10-16-13/h6-9,13,16H,4-5,10H2,1-3H3. The van der Waals surface area contributed by atoms with Gasteiger partial charge in [-0.1, -0.05) is 45.0 Å². The maximum absolute atomic E-state index is 12.1. The second-order valence-corrected chi connectivity index (χ2v) is 5.84. The Morgan fingerprint density at radius 1 is 1.24 bits per heavy atom. The van der Waals surface area contributed by atoms with Gasteiger partial charge in [0.1, 0.15) is 0 Å². The van der Waals surface area contributed by atoms with Crippen LogP contribution in [0.1, 0.15) is 49.5 Å². The van der Waals surface area contributed by atoms with E-state index in [1.165, 1.54) is 5.56 Å². The van der Waals surface area contributed by atoms with Crippen molar-refractivity contribution in [2.24, 2.45) is 0 Å². The zero-order valence-electron chi connectivity index (χ0n) is 10.9. The number of ketones is 1. The molecular formula is C15H21NO. The summed E-state index contributed by atoms with van der Waals surface area (Å²) >= 11 is 0. The summed E-state index contributed by atoms with van der Waals surface area (Å²) in [6.45, 7) is 7.52. The van der Waals surface area contributed by atoms with E-state index < -0.39 is 0 Å². The molecule has 0 bridgehead atoms. The Balaban J connectivity index is 2.15. The number of carbonyl (C=O) groups is 1. The van der Waals surface area contributed by atoms with Gasteiger partial charge in [-0.05, 0) is 30.4 Å². The van der Waals surface area contributed by atoms with Crippen LogP contribution in [-0.2, 0) is 5.41 Å². The van der Waals surface area contributed by atoms with E-state index in [0.717, 1.165) is 24.9 Å². The lowest BCUT2D eigenvalue weighted by Crippen LogP contribution is -2.30. The first-order valence-electron chi connectivity index (χ1n) is 6.36. The van der Waals surface area contributed by atoms with Crippen LogP contribution in [0.3, 0.4) is 0 Å². The minimum absolute atomic E-state index is 0.0375. The lowest BCUT2D eigenvalue weighted by atomic mass is 9.86. The second kappa shape index (κ2) is 4.61. The van der Waals surface area contributed by atoms with Gasteiger partial charge in [0.25, 0.3) is 0 Å². The minimum atomic E-state index is 0.0375. The summed E-state index contributed by atoms with van der Waals surface area (Å²) in [5, 5.41) is 3.25. The normalized spacial score (nSPS) is 20.5. The van der Waals surface area contributed by atoms with Crippen molar-refractivity contribution in [1.82, 2.24) is 5.32 Å². The molecule has 0 radical (unpaired) electrons. The van der Waals surface area contributed by atoms with E-state index in [2.05, 4.69) is 38.2 Å². The highest BCUT2D eigenvalue weighted by molar-refractivity contribution is 6.00. The van der Waals surface area contributed by atoms with Crippen LogP contribution in [0.4, 0.5) is 0 Å². The molecule has 2 nitrogen and oxygen atoms in total. The molecule has 1 heterocycles. The maximum Gasteiger partial charge on any atom is 0.179 e. The summed E-state index contributed by atoms with van der Waals surface area (Å²) in [5.41, 5.74) is 2.25. The quantitative estimate of drug-likeness (QED) is 0.793. The molecule has 0 aliphatic carbocycles. The van der Waals surface area contributed by atoms with Crippen molar-refractivity contribution in [3.05, 3.63) is 35.4 Å². The molecule has 17 heavy (non-hydrogen) atoms. The highest BCUT2D eigenvalue weighted by Crippen LogP contribution is 2.23. The van der Waals surface area contributed by atoms with Crippen molar-refractivity contribution < 1.29 is 4.79 Å². The molecule has 92 valence electrons. The van der Waals surface area contributed by atoms with Gasteiger partial charge in [-0.15, -0.1) is 0 Å². The smallest absolute Gasteiger partial charge is 0.179 e. The van der Waals surface area contributed by atoms with Crippen molar-refractivity contribution in [2.75, 3.05) is 6.54 Å². The fraction of sp³-hybridized carbons (Fsp3) is 0.533. The topological polar surface area (TPSA) is 29.1 Å². The number of benzene rings is 1. The fourth-order valence-electron chi connectivity index (χ4n) is 2.24. The van der Waals surface area contributed by atoms with Crippen LogP contribution >= 0.6 is 0 Å². The van der Waals surface area contributed by atoms with E-state index >= 15 is 0 Å². The van der Waals surface area contributed by atoms with Crippen molar-refractivity contribution in [1.29, 1.82) is 0 Å². The predicted octanol–water partition coefficient (Wildman–Crippen LogP) is 2.92. The summed E-state index contributed by atoms with van der Waals surface area (Å²) in [4.78, 5) is 12.1. The van der Waals surface area contributed by atoms with Crippen molar-refractivity contribution in [3.63, 3.8) is 0 Å². The van der Waals surface area contributed by atoms with Crippen LogP contribution in [0.2, 0.25) is 0 Å². The van der Waals surface area contributed by atoms with E-state index in [0.29, 0.717) is 0 Å². The van der Waals surface area contributed by atoms with Crippen LogP contribution < -0.4 is 5.32 Å². The Bertz CT molecular complexity index is 394. The molecule has 2 heteroatoms. The Kier molecular flexibility index (Phi) is 3.34. The van der Waals surface area contributed by atoms with Crippen LogP contribution in [0.15, 0.2) is 24.3 Å². The van der Waals surface area contributed by atoms with Crippen molar-refractivity contribution in [3.8, 4) is 0 Å². The molecule has 1 fully saturated rings. The van der Waals surface area contributed by atoms with Crippen molar-refractivity contribution in [2.45, 2.75) is 45.1 Å². The molecule has 1 unspecified atom stereocenters. The van der Waals surface area contributed by atoms with E-state index in [1.54, 1.807) is 0 Å². The number of carbonyl (C=O) groups excluding carboxylic acids is 1. The Morgan fingerprint density at radius 3 is 2.35 bits per heavy atom.